The number of sulfonamides is 1. The lowest BCUT2D eigenvalue weighted by Gasteiger charge is -2.09. The van der Waals surface area contributed by atoms with Gasteiger partial charge in [-0.25, -0.2) is 13.2 Å². The van der Waals surface area contributed by atoms with E-state index in [4.69, 9.17) is 16.3 Å². The molecule has 3 aromatic carbocycles. The van der Waals surface area contributed by atoms with Crippen molar-refractivity contribution in [3.8, 4) is 0 Å². The second-order valence-electron chi connectivity index (χ2n) is 7.59. The molecular formula is C25H22ClNO4S. The Morgan fingerprint density at radius 3 is 2.19 bits per heavy atom. The Morgan fingerprint density at radius 2 is 1.59 bits per heavy atom. The van der Waals surface area contributed by atoms with Crippen LogP contribution in [0.4, 0.5) is 0 Å². The van der Waals surface area contributed by atoms with Gasteiger partial charge in [0, 0.05) is 5.02 Å². The van der Waals surface area contributed by atoms with Crippen molar-refractivity contribution in [3.05, 3.63) is 106 Å². The summed E-state index contributed by atoms with van der Waals surface area (Å²) < 4.78 is 33.5. The highest BCUT2D eigenvalue weighted by atomic mass is 35.5. The molecule has 1 unspecified atom stereocenters. The zero-order valence-corrected chi connectivity index (χ0v) is 19.2. The number of methoxy groups -OCH3 is 1. The zero-order valence-electron chi connectivity index (χ0n) is 17.6. The van der Waals surface area contributed by atoms with Crippen LogP contribution in [0.25, 0.3) is 6.08 Å². The number of esters is 1. The summed E-state index contributed by atoms with van der Waals surface area (Å²) >= 11 is 6.04. The highest BCUT2D eigenvalue weighted by Crippen LogP contribution is 2.51. The maximum atomic E-state index is 13.6. The van der Waals surface area contributed by atoms with Gasteiger partial charge in [-0.2, -0.15) is 4.31 Å². The molecule has 0 N–H and O–H groups in total. The first kappa shape index (κ1) is 22.3. The average Bonchev–Trinajstić information content (AvgIpc) is 3.55. The minimum absolute atomic E-state index is 0.175. The number of ether oxygens (including phenoxy) is 1. The zero-order chi connectivity index (χ0) is 22.9. The lowest BCUT2D eigenvalue weighted by molar-refractivity contribution is -0.136. The first-order chi connectivity index (χ1) is 15.3. The van der Waals surface area contributed by atoms with E-state index in [0.29, 0.717) is 5.02 Å². The molecule has 1 heterocycles. The van der Waals surface area contributed by atoms with Gasteiger partial charge in [0.05, 0.1) is 29.7 Å². The Morgan fingerprint density at radius 1 is 0.969 bits per heavy atom. The molecule has 0 radical (unpaired) electrons. The fraction of sp³-hybridized carbons (Fsp3) is 0.160. The molecule has 5 nitrogen and oxygen atoms in total. The summed E-state index contributed by atoms with van der Waals surface area (Å²) in [4.78, 5) is 12.9. The van der Waals surface area contributed by atoms with Crippen LogP contribution in [0, 0.1) is 6.92 Å². The molecule has 164 valence electrons. The van der Waals surface area contributed by atoms with Crippen molar-refractivity contribution in [1.29, 1.82) is 0 Å². The predicted octanol–water partition coefficient (Wildman–Crippen LogP) is 5.02. The van der Waals surface area contributed by atoms with Gasteiger partial charge in [-0.05, 0) is 48.4 Å². The van der Waals surface area contributed by atoms with Crippen molar-refractivity contribution in [2.24, 2.45) is 0 Å². The summed E-state index contributed by atoms with van der Waals surface area (Å²) in [6.07, 6.45) is 1.68. The van der Waals surface area contributed by atoms with Crippen molar-refractivity contribution < 1.29 is 17.9 Å². The first-order valence-corrected chi connectivity index (χ1v) is 11.9. The van der Waals surface area contributed by atoms with Gasteiger partial charge in [0.15, 0.2) is 0 Å². The number of hydrogen-bond acceptors (Lipinski definition) is 4. The molecule has 0 bridgehead atoms. The highest BCUT2D eigenvalue weighted by molar-refractivity contribution is 7.89. The molecular weight excluding hydrogens is 446 g/mol. The van der Waals surface area contributed by atoms with Crippen LogP contribution in [-0.2, 0) is 19.6 Å². The number of nitrogens with zero attached hydrogens (tertiary/aromatic N) is 1. The number of carbonyl (C=O) groups is 1. The smallest absolute Gasteiger partial charge is 0.335 e. The van der Waals surface area contributed by atoms with Crippen LogP contribution >= 0.6 is 11.6 Å². The van der Waals surface area contributed by atoms with Crippen molar-refractivity contribution in [2.75, 3.05) is 7.11 Å². The quantitative estimate of drug-likeness (QED) is 0.290. The molecule has 1 saturated heterocycles. The Hall–Kier alpha value is -2.93. The average molecular weight is 468 g/mol. The van der Waals surface area contributed by atoms with Crippen LogP contribution in [0.15, 0.2) is 89.3 Å². The van der Waals surface area contributed by atoms with Crippen molar-refractivity contribution in [1.82, 2.24) is 4.31 Å². The van der Waals surface area contributed by atoms with E-state index in [-0.39, 0.29) is 10.5 Å². The van der Waals surface area contributed by atoms with Gasteiger partial charge in [-0.1, -0.05) is 71.8 Å². The maximum Gasteiger partial charge on any atom is 0.335 e. The van der Waals surface area contributed by atoms with Gasteiger partial charge >= 0.3 is 5.97 Å². The van der Waals surface area contributed by atoms with Crippen LogP contribution < -0.4 is 0 Å². The summed E-state index contributed by atoms with van der Waals surface area (Å²) in [6, 6.07) is 21.7. The van der Waals surface area contributed by atoms with Gasteiger partial charge in [0.2, 0.25) is 10.0 Å². The van der Waals surface area contributed by atoms with E-state index in [0.717, 1.165) is 16.7 Å². The number of carbonyl (C=O) groups excluding carboxylic acids is 1. The van der Waals surface area contributed by atoms with E-state index in [1.54, 1.807) is 54.6 Å². The first-order valence-electron chi connectivity index (χ1n) is 10.0. The number of rotatable bonds is 6. The Labute approximate surface area is 193 Å². The van der Waals surface area contributed by atoms with Gasteiger partial charge in [-0.3, -0.25) is 0 Å². The Kier molecular flexibility index (Phi) is 6.20. The molecule has 1 fully saturated rings. The van der Waals surface area contributed by atoms with Crippen LogP contribution in [0.2, 0.25) is 5.02 Å². The minimum Gasteiger partial charge on any atom is -0.466 e. The third-order valence-corrected chi connectivity index (χ3v) is 7.56. The fourth-order valence-electron chi connectivity index (χ4n) is 3.75. The number of hydrogen-bond donors (Lipinski definition) is 0. The van der Waals surface area contributed by atoms with E-state index in [1.165, 1.54) is 11.4 Å². The third-order valence-electron chi connectivity index (χ3n) is 5.43. The molecule has 4 rings (SSSR count). The molecule has 0 aliphatic carbocycles. The highest BCUT2D eigenvalue weighted by Gasteiger charge is 2.59. The molecule has 1 aliphatic heterocycles. The van der Waals surface area contributed by atoms with Crippen molar-refractivity contribution >= 4 is 33.7 Å². The molecule has 0 amide bonds. The number of halogens is 1. The standard InChI is InChI=1S/C25H22ClNO4S/c1-17-8-14-21(15-9-17)32(29,30)27-23(19-10-12-20(26)13-11-19)24(27)22(25(28)31-2)16-18-6-4-3-5-7-18/h3-16,23-24H,1-2H3/b22-16+/t23-,24-,27?/m1/s1. The second kappa shape index (κ2) is 8.90. The molecule has 7 heteroatoms. The Bertz CT molecular complexity index is 1250. The molecule has 0 saturated carbocycles. The number of aryl methyl sites for hydroxylation is 1. The summed E-state index contributed by atoms with van der Waals surface area (Å²) in [7, 11) is -2.58. The Balaban J connectivity index is 1.82. The van der Waals surface area contributed by atoms with Gasteiger partial charge in [0.25, 0.3) is 0 Å². The van der Waals surface area contributed by atoms with Crippen LogP contribution in [-0.4, -0.2) is 31.8 Å². The van der Waals surface area contributed by atoms with Gasteiger partial charge in [0.1, 0.15) is 0 Å². The lowest BCUT2D eigenvalue weighted by Crippen LogP contribution is -2.19. The third kappa shape index (κ3) is 4.35. The van der Waals surface area contributed by atoms with Crippen LogP contribution in [0.3, 0.4) is 0 Å². The van der Waals surface area contributed by atoms with E-state index in [1.807, 2.05) is 37.3 Å². The maximum absolute atomic E-state index is 13.6. The molecule has 0 spiro atoms. The van der Waals surface area contributed by atoms with Crippen LogP contribution in [0.1, 0.15) is 22.7 Å². The summed E-state index contributed by atoms with van der Waals surface area (Å²) in [6.45, 7) is 1.89. The fourth-order valence-corrected chi connectivity index (χ4v) is 5.61. The van der Waals surface area contributed by atoms with E-state index in [9.17, 15) is 13.2 Å². The normalized spacial score (nSPS) is 20.6. The largest absolute Gasteiger partial charge is 0.466 e. The topological polar surface area (TPSA) is 63.5 Å². The van der Waals surface area contributed by atoms with Crippen LogP contribution in [0.5, 0.6) is 0 Å². The lowest BCUT2D eigenvalue weighted by atomic mass is 10.0. The van der Waals surface area contributed by atoms with Gasteiger partial charge < -0.3 is 4.74 Å². The molecule has 3 atom stereocenters. The SMILES string of the molecule is COC(=O)/C(=C/c1ccccc1)[C@@H]1[C@@H](c2ccc(Cl)cc2)N1S(=O)(=O)c1ccc(C)cc1. The van der Waals surface area contributed by atoms with E-state index >= 15 is 0 Å². The van der Waals surface area contributed by atoms with E-state index in [2.05, 4.69) is 0 Å². The summed E-state index contributed by atoms with van der Waals surface area (Å²) in [5.74, 6) is -0.570. The predicted molar refractivity (Wildman–Crippen MR) is 125 cm³/mol. The number of benzene rings is 3. The molecule has 1 aliphatic rings. The summed E-state index contributed by atoms with van der Waals surface area (Å²) in [5, 5.41) is 0.548. The van der Waals surface area contributed by atoms with Crippen molar-refractivity contribution in [3.63, 3.8) is 0 Å². The molecule has 3 aromatic rings. The summed E-state index contributed by atoms with van der Waals surface area (Å²) in [5.41, 5.74) is 2.76. The van der Waals surface area contributed by atoms with Crippen molar-refractivity contribution in [2.45, 2.75) is 23.9 Å². The molecule has 32 heavy (non-hydrogen) atoms. The molecule has 0 aromatic heterocycles. The minimum atomic E-state index is -3.87. The second-order valence-corrected chi connectivity index (χ2v) is 9.87. The van der Waals surface area contributed by atoms with E-state index < -0.39 is 28.1 Å². The monoisotopic (exact) mass is 467 g/mol. The van der Waals surface area contributed by atoms with Gasteiger partial charge in [-0.15, -0.1) is 0 Å².